The zero-order chi connectivity index (χ0) is 15.3. The van der Waals surface area contributed by atoms with Crippen LogP contribution < -0.4 is 0 Å². The molecular weight excluding hydrogens is 254 g/mol. The second kappa shape index (κ2) is 6.60. The molecule has 0 aromatic heterocycles. The summed E-state index contributed by atoms with van der Waals surface area (Å²) in [6.07, 6.45) is 7.87. The Balaban J connectivity index is 2.73. The normalized spacial score (nSPS) is 19.1. The Labute approximate surface area is 121 Å². The lowest BCUT2D eigenvalue weighted by Gasteiger charge is -2.30. The lowest BCUT2D eigenvalue weighted by atomic mass is 9.88. The van der Waals surface area contributed by atoms with Crippen LogP contribution in [0.25, 0.3) is 0 Å². The first kappa shape index (κ1) is 16.3. The van der Waals surface area contributed by atoms with E-state index in [1.54, 1.807) is 6.08 Å². The summed E-state index contributed by atoms with van der Waals surface area (Å²) in [6, 6.07) is 0. The molecule has 1 aliphatic carbocycles. The number of carbonyl (C=O) groups excluding carboxylic acids is 2. The minimum atomic E-state index is -0.544. The van der Waals surface area contributed by atoms with E-state index in [1.807, 2.05) is 27.7 Å². The van der Waals surface area contributed by atoms with Crippen LogP contribution in [0.15, 0.2) is 11.6 Å². The third-order valence-electron chi connectivity index (χ3n) is 3.15. The molecule has 0 aromatic carbocycles. The second-order valence-corrected chi connectivity index (χ2v) is 6.16. The molecule has 0 spiro atoms. The average Bonchev–Trinajstić information content (AvgIpc) is 2.29. The molecule has 0 N–H and O–H groups in total. The number of hydrogen-bond donors (Lipinski definition) is 0. The van der Waals surface area contributed by atoms with Gasteiger partial charge in [-0.25, -0.2) is 4.79 Å². The van der Waals surface area contributed by atoms with Crippen molar-refractivity contribution in [2.75, 3.05) is 13.1 Å². The quantitative estimate of drug-likeness (QED) is 0.745. The van der Waals surface area contributed by atoms with Crippen molar-refractivity contribution in [2.45, 2.75) is 46.1 Å². The predicted octanol–water partition coefficient (Wildman–Crippen LogP) is 2.78. The van der Waals surface area contributed by atoms with Gasteiger partial charge < -0.3 is 4.74 Å². The van der Waals surface area contributed by atoms with Crippen LogP contribution >= 0.6 is 0 Å². The van der Waals surface area contributed by atoms with Crippen LogP contribution in [0.5, 0.6) is 0 Å². The highest BCUT2D eigenvalue weighted by Crippen LogP contribution is 2.24. The molecule has 1 amide bonds. The topological polar surface area (TPSA) is 46.6 Å². The van der Waals surface area contributed by atoms with Crippen LogP contribution in [-0.4, -0.2) is 35.5 Å². The number of nitrogens with zero attached hydrogens (tertiary/aromatic N) is 1. The number of rotatable bonds is 3. The molecular formula is C16H23NO3. The van der Waals surface area contributed by atoms with E-state index in [1.165, 1.54) is 4.90 Å². The first-order valence-corrected chi connectivity index (χ1v) is 6.85. The Morgan fingerprint density at radius 2 is 2.20 bits per heavy atom. The van der Waals surface area contributed by atoms with E-state index in [0.717, 1.165) is 12.0 Å². The van der Waals surface area contributed by atoms with Gasteiger partial charge in [0, 0.05) is 13.0 Å². The van der Waals surface area contributed by atoms with Crippen molar-refractivity contribution in [3.05, 3.63) is 11.6 Å². The van der Waals surface area contributed by atoms with Crippen LogP contribution in [0.4, 0.5) is 4.79 Å². The summed E-state index contributed by atoms with van der Waals surface area (Å²) in [5.74, 6) is 2.81. The number of hydrogen-bond acceptors (Lipinski definition) is 3. The van der Waals surface area contributed by atoms with Gasteiger partial charge in [-0.2, -0.15) is 0 Å². The Hall–Kier alpha value is -1.76. The summed E-state index contributed by atoms with van der Waals surface area (Å²) in [4.78, 5) is 25.0. The van der Waals surface area contributed by atoms with Crippen LogP contribution in [-0.2, 0) is 9.53 Å². The summed E-state index contributed by atoms with van der Waals surface area (Å²) in [5, 5.41) is 0. The number of ether oxygens (including phenoxy) is 1. The molecule has 1 atom stereocenters. The predicted molar refractivity (Wildman–Crippen MR) is 78.1 cm³/mol. The number of terminal acetylenes is 1. The maximum absolute atomic E-state index is 12.1. The van der Waals surface area contributed by atoms with Gasteiger partial charge in [-0.3, -0.25) is 9.69 Å². The monoisotopic (exact) mass is 277 g/mol. The standard InChI is InChI=1S/C16H23NO3/c1-6-9-17(15(19)20-16(3,4)5)11-13-7-8-14(18)10-12(13)2/h1,10,13H,7-9,11H2,2-5H3/t13-/m1/s1. The molecule has 1 aliphatic rings. The third-order valence-corrected chi connectivity index (χ3v) is 3.15. The van der Waals surface area contributed by atoms with Crippen LogP contribution in [0.1, 0.15) is 40.5 Å². The van der Waals surface area contributed by atoms with Gasteiger partial charge in [0.2, 0.25) is 0 Å². The van der Waals surface area contributed by atoms with Crippen LogP contribution in [0.3, 0.4) is 0 Å². The van der Waals surface area contributed by atoms with Crippen molar-refractivity contribution >= 4 is 11.9 Å². The van der Waals surface area contributed by atoms with Crippen molar-refractivity contribution in [1.82, 2.24) is 4.90 Å². The van der Waals surface area contributed by atoms with Crippen molar-refractivity contribution < 1.29 is 14.3 Å². The third kappa shape index (κ3) is 5.08. The summed E-state index contributed by atoms with van der Waals surface area (Å²) in [6.45, 7) is 8.10. The molecule has 0 aromatic rings. The SMILES string of the molecule is C#CCN(C[C@H]1CCC(=O)C=C1C)C(=O)OC(C)(C)C. The molecule has 0 saturated heterocycles. The van der Waals surface area contributed by atoms with E-state index in [2.05, 4.69) is 5.92 Å². The van der Waals surface area contributed by atoms with Gasteiger partial charge >= 0.3 is 6.09 Å². The van der Waals surface area contributed by atoms with Gasteiger partial charge in [0.15, 0.2) is 5.78 Å². The molecule has 1 rings (SSSR count). The largest absolute Gasteiger partial charge is 0.444 e. The van der Waals surface area contributed by atoms with Crippen LogP contribution in [0.2, 0.25) is 0 Å². The van der Waals surface area contributed by atoms with E-state index >= 15 is 0 Å². The Bertz CT molecular complexity index is 451. The van der Waals surface area contributed by atoms with E-state index < -0.39 is 11.7 Å². The van der Waals surface area contributed by atoms with Gasteiger partial charge in [-0.15, -0.1) is 6.42 Å². The van der Waals surface area contributed by atoms with E-state index in [0.29, 0.717) is 13.0 Å². The Morgan fingerprint density at radius 1 is 1.55 bits per heavy atom. The average molecular weight is 277 g/mol. The number of carbonyl (C=O) groups is 2. The first-order valence-electron chi connectivity index (χ1n) is 6.85. The lowest BCUT2D eigenvalue weighted by Crippen LogP contribution is -2.40. The molecule has 0 fully saturated rings. The van der Waals surface area contributed by atoms with E-state index in [4.69, 9.17) is 11.2 Å². The molecule has 0 unspecified atom stereocenters. The molecule has 0 heterocycles. The van der Waals surface area contributed by atoms with Crippen molar-refractivity contribution in [2.24, 2.45) is 5.92 Å². The molecule has 0 radical (unpaired) electrons. The molecule has 20 heavy (non-hydrogen) atoms. The minimum Gasteiger partial charge on any atom is -0.444 e. The summed E-state index contributed by atoms with van der Waals surface area (Å²) < 4.78 is 5.36. The molecule has 110 valence electrons. The Morgan fingerprint density at radius 3 is 2.70 bits per heavy atom. The zero-order valence-electron chi connectivity index (χ0n) is 12.7. The fraction of sp³-hybridized carbons (Fsp3) is 0.625. The fourth-order valence-electron chi connectivity index (χ4n) is 2.13. The second-order valence-electron chi connectivity index (χ2n) is 6.16. The van der Waals surface area contributed by atoms with E-state index in [-0.39, 0.29) is 18.2 Å². The highest BCUT2D eigenvalue weighted by Gasteiger charge is 2.26. The highest BCUT2D eigenvalue weighted by atomic mass is 16.6. The van der Waals surface area contributed by atoms with Crippen molar-refractivity contribution in [3.63, 3.8) is 0 Å². The molecule has 0 aliphatic heterocycles. The number of amides is 1. The van der Waals surface area contributed by atoms with Gasteiger partial charge in [0.25, 0.3) is 0 Å². The van der Waals surface area contributed by atoms with Gasteiger partial charge in [-0.1, -0.05) is 11.5 Å². The minimum absolute atomic E-state index is 0.152. The highest BCUT2D eigenvalue weighted by molar-refractivity contribution is 5.91. The first-order chi connectivity index (χ1) is 9.23. The Kier molecular flexibility index (Phi) is 5.38. The fourth-order valence-corrected chi connectivity index (χ4v) is 2.13. The maximum atomic E-state index is 12.1. The van der Waals surface area contributed by atoms with Gasteiger partial charge in [0.1, 0.15) is 5.60 Å². The molecule has 4 nitrogen and oxygen atoms in total. The summed E-state index contributed by atoms with van der Waals surface area (Å²) >= 11 is 0. The maximum Gasteiger partial charge on any atom is 0.411 e. The summed E-state index contributed by atoms with van der Waals surface area (Å²) in [5.41, 5.74) is 0.462. The lowest BCUT2D eigenvalue weighted by molar-refractivity contribution is -0.115. The van der Waals surface area contributed by atoms with Gasteiger partial charge in [-0.05, 0) is 46.1 Å². The molecule has 0 saturated carbocycles. The van der Waals surface area contributed by atoms with Gasteiger partial charge in [0.05, 0.1) is 6.54 Å². The van der Waals surface area contributed by atoms with E-state index in [9.17, 15) is 9.59 Å². The van der Waals surface area contributed by atoms with Crippen molar-refractivity contribution in [3.8, 4) is 12.3 Å². The molecule has 0 bridgehead atoms. The zero-order valence-corrected chi connectivity index (χ0v) is 12.7. The number of allylic oxidation sites excluding steroid dienone is 1. The summed E-state index contributed by atoms with van der Waals surface area (Å²) in [7, 11) is 0. The smallest absolute Gasteiger partial charge is 0.411 e. The van der Waals surface area contributed by atoms with Crippen molar-refractivity contribution in [1.29, 1.82) is 0 Å². The van der Waals surface area contributed by atoms with Crippen LogP contribution in [0, 0.1) is 18.3 Å². The molecule has 4 heteroatoms. The number of ketones is 1.